The fourth-order valence-corrected chi connectivity index (χ4v) is 3.09. The molecule has 1 amide bonds. The Balaban J connectivity index is 1.37. The van der Waals surface area contributed by atoms with Crippen molar-refractivity contribution in [2.45, 2.75) is 43.8 Å². The number of carbonyl (C=O) groups is 1. The molecule has 3 rings (SSSR count). The number of aromatic nitrogens is 2. The molecule has 22 heavy (non-hydrogen) atoms. The van der Waals surface area contributed by atoms with Crippen LogP contribution in [0.15, 0.2) is 10.2 Å². The van der Waals surface area contributed by atoms with Gasteiger partial charge in [0, 0.05) is 44.7 Å². The SMILES string of the molecule is C#CCCC1(CCC(=O)NCc2nnc(C3CNC3)s2)N=N1. The summed E-state index contributed by atoms with van der Waals surface area (Å²) in [5.74, 6) is 3.05. The summed E-state index contributed by atoms with van der Waals surface area (Å²) in [7, 11) is 0. The first-order valence-corrected chi connectivity index (χ1v) is 8.20. The van der Waals surface area contributed by atoms with Crippen LogP contribution in [0.1, 0.15) is 41.6 Å². The van der Waals surface area contributed by atoms with Crippen LogP contribution < -0.4 is 10.6 Å². The van der Waals surface area contributed by atoms with Crippen molar-refractivity contribution in [3.8, 4) is 12.3 Å². The molecule has 0 aliphatic carbocycles. The Morgan fingerprint density at radius 1 is 1.41 bits per heavy atom. The third kappa shape index (κ3) is 3.67. The summed E-state index contributed by atoms with van der Waals surface area (Å²) < 4.78 is 0. The highest BCUT2D eigenvalue weighted by molar-refractivity contribution is 7.11. The molecule has 0 atom stereocenters. The van der Waals surface area contributed by atoms with Crippen molar-refractivity contribution in [3.63, 3.8) is 0 Å². The average Bonchev–Trinajstić information content (AvgIpc) is 3.10. The van der Waals surface area contributed by atoms with Crippen LogP contribution in [-0.2, 0) is 11.3 Å². The molecular formula is C14H18N6OS. The summed E-state index contributed by atoms with van der Waals surface area (Å²) in [5.41, 5.74) is -0.392. The summed E-state index contributed by atoms with van der Waals surface area (Å²) in [4.78, 5) is 11.9. The Kier molecular flexibility index (Phi) is 4.45. The molecule has 0 unspecified atom stereocenters. The number of nitrogens with one attached hydrogen (secondary N) is 2. The van der Waals surface area contributed by atoms with Crippen LogP contribution >= 0.6 is 11.3 Å². The number of hydrogen-bond acceptors (Lipinski definition) is 7. The molecule has 0 spiro atoms. The molecule has 1 aromatic heterocycles. The number of terminal acetylenes is 1. The smallest absolute Gasteiger partial charge is 0.220 e. The molecule has 0 aromatic carbocycles. The van der Waals surface area contributed by atoms with Crippen LogP contribution in [0.4, 0.5) is 0 Å². The van der Waals surface area contributed by atoms with E-state index in [1.807, 2.05) is 0 Å². The van der Waals surface area contributed by atoms with E-state index < -0.39 is 5.66 Å². The van der Waals surface area contributed by atoms with Crippen molar-refractivity contribution in [3.05, 3.63) is 10.0 Å². The fourth-order valence-electron chi connectivity index (χ4n) is 2.21. The Morgan fingerprint density at radius 3 is 2.86 bits per heavy atom. The molecule has 2 N–H and O–H groups in total. The number of rotatable bonds is 8. The molecule has 7 nitrogen and oxygen atoms in total. The Bertz CT molecular complexity index is 609. The number of hydrogen-bond donors (Lipinski definition) is 2. The normalized spacial score (nSPS) is 18.5. The highest BCUT2D eigenvalue weighted by Gasteiger charge is 2.39. The molecule has 2 aliphatic rings. The first kappa shape index (κ1) is 15.1. The summed E-state index contributed by atoms with van der Waals surface area (Å²) in [6, 6.07) is 0. The Hall–Kier alpha value is -1.85. The predicted molar refractivity (Wildman–Crippen MR) is 82.3 cm³/mol. The zero-order chi connectivity index (χ0) is 15.4. The molecule has 2 aliphatic heterocycles. The van der Waals surface area contributed by atoms with Gasteiger partial charge in [-0.25, -0.2) is 0 Å². The monoisotopic (exact) mass is 318 g/mol. The van der Waals surface area contributed by atoms with Gasteiger partial charge < -0.3 is 10.6 Å². The summed E-state index contributed by atoms with van der Waals surface area (Å²) in [5, 5.41) is 24.3. The maximum atomic E-state index is 11.9. The van der Waals surface area contributed by atoms with Crippen LogP contribution in [0.25, 0.3) is 0 Å². The zero-order valence-electron chi connectivity index (χ0n) is 12.2. The molecule has 8 heteroatoms. The van der Waals surface area contributed by atoms with Gasteiger partial charge in [-0.15, -0.1) is 22.5 Å². The topological polar surface area (TPSA) is 91.6 Å². The number of carbonyl (C=O) groups excluding carboxylic acids is 1. The largest absolute Gasteiger partial charge is 0.350 e. The van der Waals surface area contributed by atoms with Crippen molar-refractivity contribution in [1.82, 2.24) is 20.8 Å². The molecular weight excluding hydrogens is 300 g/mol. The van der Waals surface area contributed by atoms with E-state index in [4.69, 9.17) is 6.42 Å². The van der Waals surface area contributed by atoms with E-state index in [1.165, 1.54) is 0 Å². The second kappa shape index (κ2) is 6.50. The highest BCUT2D eigenvalue weighted by atomic mass is 32.1. The average molecular weight is 318 g/mol. The van der Waals surface area contributed by atoms with Gasteiger partial charge in [-0.2, -0.15) is 10.2 Å². The molecule has 1 aromatic rings. The van der Waals surface area contributed by atoms with E-state index >= 15 is 0 Å². The van der Waals surface area contributed by atoms with Crippen molar-refractivity contribution in [1.29, 1.82) is 0 Å². The molecule has 1 saturated heterocycles. The lowest BCUT2D eigenvalue weighted by molar-refractivity contribution is -0.121. The minimum atomic E-state index is -0.392. The summed E-state index contributed by atoms with van der Waals surface area (Å²) >= 11 is 1.57. The van der Waals surface area contributed by atoms with Gasteiger partial charge in [0.1, 0.15) is 10.0 Å². The third-order valence-electron chi connectivity index (χ3n) is 3.85. The van der Waals surface area contributed by atoms with Gasteiger partial charge in [-0.1, -0.05) is 11.3 Å². The van der Waals surface area contributed by atoms with Gasteiger partial charge in [0.25, 0.3) is 0 Å². The standard InChI is InChI=1S/C14H18N6OS/c1-2-3-5-14(19-20-14)6-4-11(21)16-9-12-17-18-13(22-12)10-7-15-8-10/h1,10,15H,3-9H2,(H,16,21). The lowest BCUT2D eigenvalue weighted by Gasteiger charge is -2.23. The molecule has 0 saturated carbocycles. The van der Waals surface area contributed by atoms with Gasteiger partial charge in [0.05, 0.1) is 6.54 Å². The van der Waals surface area contributed by atoms with E-state index in [2.05, 4.69) is 37.0 Å². The molecule has 0 bridgehead atoms. The zero-order valence-corrected chi connectivity index (χ0v) is 13.0. The second-order valence-electron chi connectivity index (χ2n) is 5.55. The maximum absolute atomic E-state index is 11.9. The lowest BCUT2D eigenvalue weighted by Crippen LogP contribution is -2.39. The summed E-state index contributed by atoms with van der Waals surface area (Å²) in [6.07, 6.45) is 7.63. The first-order valence-electron chi connectivity index (χ1n) is 7.38. The quantitative estimate of drug-likeness (QED) is 0.705. The maximum Gasteiger partial charge on any atom is 0.220 e. The molecule has 1 fully saturated rings. The number of nitrogens with zero attached hydrogens (tertiary/aromatic N) is 4. The van der Waals surface area contributed by atoms with Crippen molar-refractivity contribution in [2.75, 3.05) is 13.1 Å². The number of amides is 1. The van der Waals surface area contributed by atoms with Gasteiger partial charge in [-0.05, 0) is 0 Å². The molecule has 0 radical (unpaired) electrons. The predicted octanol–water partition coefficient (Wildman–Crippen LogP) is 1.20. The van der Waals surface area contributed by atoms with Gasteiger partial charge in [-0.3, -0.25) is 4.79 Å². The van der Waals surface area contributed by atoms with E-state index in [0.29, 0.717) is 31.7 Å². The van der Waals surface area contributed by atoms with Gasteiger partial charge >= 0.3 is 0 Å². The minimum Gasteiger partial charge on any atom is -0.350 e. The van der Waals surface area contributed by atoms with E-state index in [1.54, 1.807) is 11.3 Å². The van der Waals surface area contributed by atoms with Crippen LogP contribution in [0.3, 0.4) is 0 Å². The molecule has 116 valence electrons. The fraction of sp³-hybridized carbons (Fsp3) is 0.643. The van der Waals surface area contributed by atoms with Gasteiger partial charge in [0.2, 0.25) is 5.91 Å². The Labute approximate surface area is 133 Å². The summed E-state index contributed by atoms with van der Waals surface area (Å²) in [6.45, 7) is 2.36. The van der Waals surface area contributed by atoms with Crippen molar-refractivity contribution in [2.24, 2.45) is 10.2 Å². The van der Waals surface area contributed by atoms with E-state index in [-0.39, 0.29) is 5.91 Å². The van der Waals surface area contributed by atoms with Crippen molar-refractivity contribution >= 4 is 17.2 Å². The van der Waals surface area contributed by atoms with Crippen LogP contribution in [0.5, 0.6) is 0 Å². The van der Waals surface area contributed by atoms with Gasteiger partial charge in [0.15, 0.2) is 5.66 Å². The Morgan fingerprint density at radius 2 is 2.23 bits per heavy atom. The van der Waals surface area contributed by atoms with Crippen molar-refractivity contribution < 1.29 is 4.79 Å². The van der Waals surface area contributed by atoms with Crippen LogP contribution in [-0.4, -0.2) is 34.9 Å². The minimum absolute atomic E-state index is 0.0144. The lowest BCUT2D eigenvalue weighted by atomic mass is 10.0. The third-order valence-corrected chi connectivity index (χ3v) is 4.94. The van der Waals surface area contributed by atoms with Crippen LogP contribution in [0, 0.1) is 12.3 Å². The van der Waals surface area contributed by atoms with E-state index in [9.17, 15) is 4.79 Å². The second-order valence-corrected chi connectivity index (χ2v) is 6.65. The molecule has 3 heterocycles. The highest BCUT2D eigenvalue weighted by Crippen LogP contribution is 2.37. The van der Waals surface area contributed by atoms with E-state index in [0.717, 1.165) is 29.5 Å². The first-order chi connectivity index (χ1) is 10.7. The van der Waals surface area contributed by atoms with Crippen LogP contribution in [0.2, 0.25) is 0 Å².